The van der Waals surface area contributed by atoms with Gasteiger partial charge in [0.25, 0.3) is 0 Å². The molecule has 0 aliphatic carbocycles. The van der Waals surface area contributed by atoms with E-state index < -0.39 is 112 Å². The Kier molecular flexibility index (Phi) is 10.9. The lowest BCUT2D eigenvalue weighted by atomic mass is 9.94. The summed E-state index contributed by atoms with van der Waals surface area (Å²) in [6, 6.07) is 0. The van der Waals surface area contributed by atoms with Crippen LogP contribution < -0.4 is 0 Å². The van der Waals surface area contributed by atoms with Crippen LogP contribution in [0.4, 0.5) is 0 Å². The molecule has 0 saturated carbocycles. The minimum absolute atomic E-state index is 0.432. The molecule has 0 aromatic heterocycles. The van der Waals surface area contributed by atoms with Crippen molar-refractivity contribution in [3.8, 4) is 12.5 Å². The van der Waals surface area contributed by atoms with Crippen LogP contribution in [0.25, 0.3) is 0 Å². The van der Waals surface area contributed by atoms with E-state index >= 15 is 0 Å². The molecule has 8 N–H and O–H groups in total. The molecule has 37 heavy (non-hydrogen) atoms. The van der Waals surface area contributed by atoms with Crippen molar-refractivity contribution >= 4 is 0 Å². The molecular formula is C22H36O15. The van der Waals surface area contributed by atoms with Gasteiger partial charge in [-0.3, -0.25) is 0 Å². The molecule has 0 amide bonds. The molecule has 0 aromatic carbocycles. The topological polar surface area (TPSA) is 226 Å². The van der Waals surface area contributed by atoms with E-state index in [1.807, 2.05) is 6.11 Å². The van der Waals surface area contributed by atoms with Crippen molar-refractivity contribution in [1.29, 1.82) is 0 Å². The van der Waals surface area contributed by atoms with Gasteiger partial charge in [-0.2, -0.15) is 0 Å². The van der Waals surface area contributed by atoms with Crippen LogP contribution in [-0.4, -0.2) is 160 Å². The number of hydrogen-bond donors (Lipinski definition) is 8. The van der Waals surface area contributed by atoms with Crippen molar-refractivity contribution in [3.05, 3.63) is 0 Å². The molecule has 0 spiro atoms. The second kappa shape index (κ2) is 13.2. The van der Waals surface area contributed by atoms with E-state index in [-0.39, 0.29) is 0 Å². The van der Waals surface area contributed by atoms with Gasteiger partial charge in [-0.25, -0.2) is 0 Å². The maximum absolute atomic E-state index is 10.8. The molecule has 3 aliphatic rings. The van der Waals surface area contributed by atoms with Gasteiger partial charge in [0.15, 0.2) is 18.7 Å². The van der Waals surface area contributed by atoms with Gasteiger partial charge in [-0.1, -0.05) is 6.42 Å². The molecule has 214 valence electrons. The van der Waals surface area contributed by atoms with Gasteiger partial charge in [-0.05, 0) is 6.92 Å². The largest absolute Gasteiger partial charge is 0.438 e. The van der Waals surface area contributed by atoms with E-state index in [4.69, 9.17) is 39.6 Å². The molecule has 0 radical (unpaired) electrons. The Morgan fingerprint density at radius 2 is 1.35 bits per heavy atom. The van der Waals surface area contributed by atoms with Gasteiger partial charge in [0.05, 0.1) is 25.9 Å². The van der Waals surface area contributed by atoms with Crippen LogP contribution in [0.3, 0.4) is 0 Å². The predicted octanol–water partition coefficient (Wildman–Crippen LogP) is -5.23. The highest BCUT2D eigenvalue weighted by molar-refractivity contribution is 4.97. The minimum atomic E-state index is -1.69. The van der Waals surface area contributed by atoms with Crippen LogP contribution in [-0.2, 0) is 33.2 Å². The Labute approximate surface area is 213 Å². The predicted molar refractivity (Wildman–Crippen MR) is 117 cm³/mol. The summed E-state index contributed by atoms with van der Waals surface area (Å²) in [7, 11) is 1.31. The van der Waals surface area contributed by atoms with E-state index in [9.17, 15) is 40.9 Å². The first kappa shape index (κ1) is 30.3. The second-order valence-electron chi connectivity index (χ2n) is 9.11. The lowest BCUT2D eigenvalue weighted by Gasteiger charge is -2.47. The first-order valence-electron chi connectivity index (χ1n) is 11.8. The molecular weight excluding hydrogens is 504 g/mol. The third-order valence-corrected chi connectivity index (χ3v) is 6.76. The van der Waals surface area contributed by atoms with Crippen LogP contribution >= 0.6 is 0 Å². The molecule has 15 atom stereocenters. The summed E-state index contributed by atoms with van der Waals surface area (Å²) in [6.45, 7) is -0.162. The van der Waals surface area contributed by atoms with Crippen LogP contribution in [0.15, 0.2) is 0 Å². The summed E-state index contributed by atoms with van der Waals surface area (Å²) >= 11 is 0. The van der Waals surface area contributed by atoms with Crippen molar-refractivity contribution in [2.24, 2.45) is 0 Å². The molecule has 15 nitrogen and oxygen atoms in total. The Balaban J connectivity index is 1.76. The summed E-state index contributed by atoms with van der Waals surface area (Å²) in [5.41, 5.74) is 0. The molecule has 3 fully saturated rings. The Bertz CT molecular complexity index is 748. The molecule has 3 rings (SSSR count). The van der Waals surface area contributed by atoms with Crippen molar-refractivity contribution < 1.29 is 74.0 Å². The normalized spacial score (nSPS) is 48.8. The van der Waals surface area contributed by atoms with Crippen LogP contribution in [0.2, 0.25) is 0 Å². The fraction of sp³-hybridized carbons (Fsp3) is 0.909. The zero-order chi connectivity index (χ0) is 27.4. The molecule has 3 heterocycles. The third-order valence-electron chi connectivity index (χ3n) is 6.76. The maximum atomic E-state index is 10.8. The molecule has 15 heteroatoms. The fourth-order valence-electron chi connectivity index (χ4n) is 4.63. The molecule has 3 saturated heterocycles. The van der Waals surface area contributed by atoms with Gasteiger partial charge in [0.2, 0.25) is 0 Å². The average Bonchev–Trinajstić information content (AvgIpc) is 2.89. The van der Waals surface area contributed by atoms with Gasteiger partial charge < -0.3 is 74.0 Å². The molecule has 3 aliphatic heterocycles. The standard InChI is InChI=1S/C22H36O15/c1-4-32-20-17(30)22(36-10(6-24)19(20)31-3)37-18-11(34-8(2)12(25)15(18)28)7-33-21-16(29)14(27)13(26)9(5-23)35-21/h1,8-30H,5-7H2,2-3H3/t8-,9?,10?,11?,12?,13?,14?,15?,16?,17?,18?,19?,20?,21?,22?/m1/s1. The van der Waals surface area contributed by atoms with Gasteiger partial charge in [0.1, 0.15) is 73.3 Å². The van der Waals surface area contributed by atoms with E-state index in [0.29, 0.717) is 0 Å². The summed E-state index contributed by atoms with van der Waals surface area (Å²) in [4.78, 5) is 0. The number of terminal acetylenes is 1. The number of rotatable bonds is 9. The Morgan fingerprint density at radius 1 is 0.703 bits per heavy atom. The summed E-state index contributed by atoms with van der Waals surface area (Å²) in [5, 5.41) is 81.2. The van der Waals surface area contributed by atoms with Gasteiger partial charge >= 0.3 is 0 Å². The van der Waals surface area contributed by atoms with E-state index in [2.05, 4.69) is 0 Å². The smallest absolute Gasteiger partial charge is 0.188 e. The third kappa shape index (κ3) is 6.35. The fourth-order valence-corrected chi connectivity index (χ4v) is 4.63. The number of aliphatic hydroxyl groups is 8. The zero-order valence-electron chi connectivity index (χ0n) is 20.3. The average molecular weight is 541 g/mol. The number of hydrogen-bond acceptors (Lipinski definition) is 15. The van der Waals surface area contributed by atoms with E-state index in [1.54, 1.807) is 0 Å². The van der Waals surface area contributed by atoms with Crippen molar-refractivity contribution in [3.63, 3.8) is 0 Å². The van der Waals surface area contributed by atoms with E-state index in [0.717, 1.165) is 0 Å². The molecule has 0 bridgehead atoms. The Hall–Kier alpha value is -1.20. The SMILES string of the molecule is C#COC1C(O)C(OC2C(COC3OC(CO)C(O)C(O)C3O)O[C@H](C)C(O)C2O)OC(CO)C1OC. The second-order valence-corrected chi connectivity index (χ2v) is 9.11. The highest BCUT2D eigenvalue weighted by atomic mass is 16.7. The van der Waals surface area contributed by atoms with Gasteiger partial charge in [0, 0.05) is 7.11 Å². The lowest BCUT2D eigenvalue weighted by Crippen LogP contribution is -2.65. The van der Waals surface area contributed by atoms with Gasteiger partial charge in [-0.15, -0.1) is 0 Å². The monoisotopic (exact) mass is 540 g/mol. The highest BCUT2D eigenvalue weighted by Crippen LogP contribution is 2.32. The maximum Gasteiger partial charge on any atom is 0.188 e. The number of aliphatic hydroxyl groups excluding tert-OH is 8. The first-order chi connectivity index (χ1) is 17.6. The summed E-state index contributed by atoms with van der Waals surface area (Å²) in [5.74, 6) is 0. The Morgan fingerprint density at radius 3 is 1.95 bits per heavy atom. The first-order valence-corrected chi connectivity index (χ1v) is 11.8. The molecule has 0 aromatic rings. The van der Waals surface area contributed by atoms with Crippen molar-refractivity contribution in [2.75, 3.05) is 26.9 Å². The van der Waals surface area contributed by atoms with Crippen LogP contribution in [0.1, 0.15) is 6.92 Å². The summed E-state index contributed by atoms with van der Waals surface area (Å²) in [6.07, 6.45) is -13.1. The molecule has 14 unspecified atom stereocenters. The van der Waals surface area contributed by atoms with E-state index in [1.165, 1.54) is 14.0 Å². The van der Waals surface area contributed by atoms with Crippen molar-refractivity contribution in [2.45, 2.75) is 98.9 Å². The zero-order valence-corrected chi connectivity index (χ0v) is 20.3. The van der Waals surface area contributed by atoms with Crippen LogP contribution in [0, 0.1) is 12.5 Å². The summed E-state index contributed by atoms with van der Waals surface area (Å²) < 4.78 is 38.4. The van der Waals surface area contributed by atoms with Crippen molar-refractivity contribution in [1.82, 2.24) is 0 Å². The highest BCUT2D eigenvalue weighted by Gasteiger charge is 2.52. The quantitative estimate of drug-likeness (QED) is 0.128. The minimum Gasteiger partial charge on any atom is -0.438 e. The number of ether oxygens (including phenoxy) is 7. The lowest BCUT2D eigenvalue weighted by molar-refractivity contribution is -0.350. The van der Waals surface area contributed by atoms with Crippen LogP contribution in [0.5, 0.6) is 0 Å². The number of methoxy groups -OCH3 is 1.